The number of fused-ring (bicyclic) bond motifs is 3. The minimum Gasteiger partial charge on any atom is -0.365 e. The first kappa shape index (κ1) is 21.2. The molecule has 7 nitrogen and oxygen atoms in total. The standard InChI is InChI=1S/C23H27FN4O3/c1-15(2)25-23(29)20-12-17-11-19(28(30)31)7-8-21(17)27-10-9-26(14-22(20)27)13-16-3-5-18(24)6-4-16/h3-8,11,15,20,22H,9-10,12-14H2,1-2H3,(H,25,29)/t20-,22+/m0/s1. The second-order valence-corrected chi connectivity index (χ2v) is 8.67. The van der Waals surface area contributed by atoms with E-state index in [9.17, 15) is 19.3 Å². The van der Waals surface area contributed by atoms with Crippen LogP contribution in [0.3, 0.4) is 0 Å². The maximum atomic E-state index is 13.2. The molecule has 1 N–H and O–H groups in total. The van der Waals surface area contributed by atoms with E-state index >= 15 is 0 Å². The first-order valence-corrected chi connectivity index (χ1v) is 10.6. The van der Waals surface area contributed by atoms with Crippen molar-refractivity contribution in [3.05, 3.63) is 69.5 Å². The van der Waals surface area contributed by atoms with E-state index in [1.165, 1.54) is 18.2 Å². The molecule has 0 bridgehead atoms. The molecule has 1 amide bonds. The number of nitrogens with zero attached hydrogens (tertiary/aromatic N) is 3. The summed E-state index contributed by atoms with van der Waals surface area (Å²) < 4.78 is 13.2. The number of non-ortho nitro benzene ring substituents is 1. The van der Waals surface area contributed by atoms with E-state index in [0.717, 1.165) is 29.9 Å². The molecule has 0 spiro atoms. The highest BCUT2D eigenvalue weighted by Crippen LogP contribution is 2.38. The van der Waals surface area contributed by atoms with Gasteiger partial charge in [-0.25, -0.2) is 4.39 Å². The summed E-state index contributed by atoms with van der Waals surface area (Å²) in [6, 6.07) is 11.5. The largest absolute Gasteiger partial charge is 0.365 e. The average molecular weight is 426 g/mol. The molecule has 164 valence electrons. The summed E-state index contributed by atoms with van der Waals surface area (Å²) in [4.78, 5) is 28.4. The third-order valence-electron chi connectivity index (χ3n) is 6.08. The van der Waals surface area contributed by atoms with E-state index in [0.29, 0.717) is 19.5 Å². The number of piperazine rings is 1. The molecule has 0 aliphatic carbocycles. The Labute approximate surface area is 181 Å². The fourth-order valence-corrected chi connectivity index (χ4v) is 4.67. The van der Waals surface area contributed by atoms with E-state index in [-0.39, 0.29) is 35.4 Å². The number of hydrogen-bond donors (Lipinski definition) is 1. The van der Waals surface area contributed by atoms with Crippen LogP contribution in [0.4, 0.5) is 15.8 Å². The second kappa shape index (κ2) is 8.63. The van der Waals surface area contributed by atoms with E-state index < -0.39 is 4.92 Å². The molecule has 0 radical (unpaired) electrons. The number of nitro benzene ring substituents is 1. The van der Waals surface area contributed by atoms with Crippen molar-refractivity contribution in [1.82, 2.24) is 10.2 Å². The van der Waals surface area contributed by atoms with Crippen molar-refractivity contribution in [3.63, 3.8) is 0 Å². The molecule has 2 atom stereocenters. The summed E-state index contributed by atoms with van der Waals surface area (Å²) in [5.41, 5.74) is 2.91. The van der Waals surface area contributed by atoms with Crippen molar-refractivity contribution in [1.29, 1.82) is 0 Å². The van der Waals surface area contributed by atoms with Crippen LogP contribution in [-0.2, 0) is 17.8 Å². The van der Waals surface area contributed by atoms with E-state index in [1.54, 1.807) is 18.2 Å². The van der Waals surface area contributed by atoms with Crippen LogP contribution in [-0.4, -0.2) is 47.4 Å². The summed E-state index contributed by atoms with van der Waals surface area (Å²) in [5, 5.41) is 14.3. The summed E-state index contributed by atoms with van der Waals surface area (Å²) >= 11 is 0. The van der Waals surface area contributed by atoms with Crippen LogP contribution >= 0.6 is 0 Å². The SMILES string of the molecule is CC(C)NC(=O)[C@H]1Cc2cc([N+](=O)[O-])ccc2N2CCN(Cc3ccc(F)cc3)C[C@H]12. The van der Waals surface area contributed by atoms with E-state index in [4.69, 9.17) is 0 Å². The predicted molar refractivity (Wildman–Crippen MR) is 116 cm³/mol. The minimum absolute atomic E-state index is 0.0198. The molecule has 1 saturated heterocycles. The lowest BCUT2D eigenvalue weighted by atomic mass is 9.83. The van der Waals surface area contributed by atoms with Crippen LogP contribution in [0.2, 0.25) is 0 Å². The van der Waals surface area contributed by atoms with Crippen LogP contribution in [0.25, 0.3) is 0 Å². The number of halogens is 1. The minimum atomic E-state index is -0.393. The summed E-state index contributed by atoms with van der Waals surface area (Å²) in [5.74, 6) is -0.573. The zero-order chi connectivity index (χ0) is 22.1. The molecule has 2 aromatic rings. The van der Waals surface area contributed by atoms with E-state index in [1.807, 2.05) is 19.9 Å². The first-order valence-electron chi connectivity index (χ1n) is 10.6. The number of benzene rings is 2. The molecule has 31 heavy (non-hydrogen) atoms. The molecule has 4 rings (SSSR count). The van der Waals surface area contributed by atoms with Gasteiger partial charge in [0.15, 0.2) is 0 Å². The Morgan fingerprint density at radius 2 is 1.97 bits per heavy atom. The smallest absolute Gasteiger partial charge is 0.269 e. The molecule has 2 aliphatic rings. The van der Waals surface area contributed by atoms with Gasteiger partial charge in [-0.15, -0.1) is 0 Å². The van der Waals surface area contributed by atoms with Gasteiger partial charge in [0.05, 0.1) is 16.9 Å². The van der Waals surface area contributed by atoms with Gasteiger partial charge < -0.3 is 10.2 Å². The lowest BCUT2D eigenvalue weighted by Gasteiger charge is -2.49. The fourth-order valence-electron chi connectivity index (χ4n) is 4.67. The van der Waals surface area contributed by atoms with Gasteiger partial charge in [0.2, 0.25) is 5.91 Å². The Balaban J connectivity index is 1.61. The van der Waals surface area contributed by atoms with Crippen LogP contribution < -0.4 is 10.2 Å². The lowest BCUT2D eigenvalue weighted by molar-refractivity contribution is -0.384. The monoisotopic (exact) mass is 426 g/mol. The molecule has 1 fully saturated rings. The lowest BCUT2D eigenvalue weighted by Crippen LogP contribution is -2.61. The molecule has 2 aromatic carbocycles. The van der Waals surface area contributed by atoms with Gasteiger partial charge in [0, 0.05) is 50.0 Å². The van der Waals surface area contributed by atoms with Gasteiger partial charge in [-0.05, 0) is 49.6 Å². The topological polar surface area (TPSA) is 78.7 Å². The summed E-state index contributed by atoms with van der Waals surface area (Å²) in [7, 11) is 0. The molecular weight excluding hydrogens is 399 g/mol. The molecule has 0 saturated carbocycles. The number of carbonyl (C=O) groups excluding carboxylic acids is 1. The third-order valence-corrected chi connectivity index (χ3v) is 6.08. The van der Waals surface area contributed by atoms with E-state index in [2.05, 4.69) is 15.1 Å². The number of amides is 1. The van der Waals surface area contributed by atoms with Gasteiger partial charge in [-0.1, -0.05) is 12.1 Å². The van der Waals surface area contributed by atoms with Crippen molar-refractivity contribution >= 4 is 17.3 Å². The van der Waals surface area contributed by atoms with Gasteiger partial charge in [-0.3, -0.25) is 19.8 Å². The second-order valence-electron chi connectivity index (χ2n) is 8.67. The van der Waals surface area contributed by atoms with Crippen molar-refractivity contribution in [2.75, 3.05) is 24.5 Å². The maximum Gasteiger partial charge on any atom is 0.269 e. The molecule has 2 aliphatic heterocycles. The predicted octanol–water partition coefficient (Wildman–Crippen LogP) is 3.12. The summed E-state index contributed by atoms with van der Waals surface area (Å²) in [6.07, 6.45) is 0.473. The van der Waals surface area contributed by atoms with Crippen molar-refractivity contribution < 1.29 is 14.1 Å². The van der Waals surface area contributed by atoms with Crippen molar-refractivity contribution in [2.24, 2.45) is 5.92 Å². The van der Waals surface area contributed by atoms with Gasteiger partial charge in [-0.2, -0.15) is 0 Å². The number of hydrogen-bond acceptors (Lipinski definition) is 5. The van der Waals surface area contributed by atoms with Gasteiger partial charge in [0.1, 0.15) is 5.82 Å². The molecule has 0 unspecified atom stereocenters. The highest BCUT2D eigenvalue weighted by atomic mass is 19.1. The highest BCUT2D eigenvalue weighted by Gasteiger charge is 2.42. The maximum absolute atomic E-state index is 13.2. The molecule has 2 heterocycles. The Hall–Kier alpha value is -3.00. The molecule has 8 heteroatoms. The Bertz CT molecular complexity index is 979. The quantitative estimate of drug-likeness (QED) is 0.587. The number of nitro groups is 1. The van der Waals surface area contributed by atoms with Gasteiger partial charge in [0.25, 0.3) is 5.69 Å². The normalized spacial score (nSPS) is 20.8. The zero-order valence-electron chi connectivity index (χ0n) is 17.8. The summed E-state index contributed by atoms with van der Waals surface area (Å²) in [6.45, 7) is 6.77. The highest BCUT2D eigenvalue weighted by molar-refractivity contribution is 5.82. The van der Waals surface area contributed by atoms with Crippen molar-refractivity contribution in [2.45, 2.75) is 38.9 Å². The van der Waals surface area contributed by atoms with Crippen LogP contribution in [0, 0.1) is 21.8 Å². The third kappa shape index (κ3) is 4.54. The van der Waals surface area contributed by atoms with Crippen molar-refractivity contribution in [3.8, 4) is 0 Å². The fraction of sp³-hybridized carbons (Fsp3) is 0.435. The first-order chi connectivity index (χ1) is 14.8. The zero-order valence-corrected chi connectivity index (χ0v) is 17.8. The van der Waals surface area contributed by atoms with Crippen LogP contribution in [0.15, 0.2) is 42.5 Å². The number of rotatable bonds is 5. The Morgan fingerprint density at radius 3 is 2.65 bits per heavy atom. The Kier molecular flexibility index (Phi) is 5.91. The molecular formula is C23H27FN4O3. The number of carbonyl (C=O) groups is 1. The van der Waals surface area contributed by atoms with Crippen LogP contribution in [0.5, 0.6) is 0 Å². The number of anilines is 1. The van der Waals surface area contributed by atoms with Crippen LogP contribution in [0.1, 0.15) is 25.0 Å². The molecule has 0 aromatic heterocycles. The average Bonchev–Trinajstić information content (AvgIpc) is 2.73. The number of nitrogens with one attached hydrogen (secondary N) is 1. The van der Waals surface area contributed by atoms with Gasteiger partial charge >= 0.3 is 0 Å². The Morgan fingerprint density at radius 1 is 1.23 bits per heavy atom.